The molecule has 2 rings (SSSR count). The molecule has 0 bridgehead atoms. The molecule has 2 unspecified atom stereocenters. The van der Waals surface area contributed by atoms with Crippen LogP contribution in [0.1, 0.15) is 32.6 Å². The Morgan fingerprint density at radius 3 is 3.06 bits per heavy atom. The van der Waals surface area contributed by atoms with Gasteiger partial charge in [-0.25, -0.2) is 0 Å². The molecule has 94 valence electrons. The second-order valence-corrected chi connectivity index (χ2v) is 5.23. The number of hydrogen-bond acceptors (Lipinski definition) is 3. The molecule has 2 saturated heterocycles. The predicted molar refractivity (Wildman–Crippen MR) is 66.7 cm³/mol. The summed E-state index contributed by atoms with van der Waals surface area (Å²) < 4.78 is 5.72. The van der Waals surface area contributed by atoms with E-state index in [1.54, 1.807) is 0 Å². The number of likely N-dealkylation sites (tertiary alicyclic amines) is 1. The Morgan fingerprint density at radius 1 is 1.38 bits per heavy atom. The van der Waals surface area contributed by atoms with Crippen LogP contribution in [0.3, 0.4) is 0 Å². The van der Waals surface area contributed by atoms with Crippen LogP contribution in [0.5, 0.6) is 0 Å². The molecule has 2 heterocycles. The number of morpholine rings is 1. The minimum atomic E-state index is 0.457. The third kappa shape index (κ3) is 3.72. The van der Waals surface area contributed by atoms with E-state index in [0.29, 0.717) is 6.10 Å². The van der Waals surface area contributed by atoms with Crippen molar-refractivity contribution in [3.8, 4) is 0 Å². The first-order chi connectivity index (χ1) is 7.88. The maximum absolute atomic E-state index is 5.72. The van der Waals surface area contributed by atoms with Crippen LogP contribution in [0.4, 0.5) is 0 Å². The van der Waals surface area contributed by atoms with Gasteiger partial charge in [0.2, 0.25) is 0 Å². The van der Waals surface area contributed by atoms with Crippen molar-refractivity contribution in [2.75, 3.05) is 39.3 Å². The molecule has 0 saturated carbocycles. The average molecular weight is 226 g/mol. The van der Waals surface area contributed by atoms with Crippen LogP contribution >= 0.6 is 0 Å². The Hall–Kier alpha value is -0.120. The molecule has 2 atom stereocenters. The van der Waals surface area contributed by atoms with Crippen LogP contribution in [-0.2, 0) is 4.74 Å². The third-order valence-electron chi connectivity index (χ3n) is 3.84. The lowest BCUT2D eigenvalue weighted by molar-refractivity contribution is 0.0184. The van der Waals surface area contributed by atoms with Crippen LogP contribution in [0.25, 0.3) is 0 Å². The first-order valence-electron chi connectivity index (χ1n) is 6.93. The van der Waals surface area contributed by atoms with Gasteiger partial charge in [0.15, 0.2) is 0 Å². The summed E-state index contributed by atoms with van der Waals surface area (Å²) in [5.74, 6) is 0.968. The SMILES string of the molecule is CCCC1CCN(CCC2CNCCO2)C1. The monoisotopic (exact) mass is 226 g/mol. The maximum Gasteiger partial charge on any atom is 0.0712 e. The summed E-state index contributed by atoms with van der Waals surface area (Å²) in [4.78, 5) is 2.62. The van der Waals surface area contributed by atoms with Gasteiger partial charge in [-0.15, -0.1) is 0 Å². The molecule has 0 aromatic rings. The van der Waals surface area contributed by atoms with Gasteiger partial charge in [0.1, 0.15) is 0 Å². The van der Waals surface area contributed by atoms with Gasteiger partial charge in [0.05, 0.1) is 12.7 Å². The highest BCUT2D eigenvalue weighted by atomic mass is 16.5. The van der Waals surface area contributed by atoms with Gasteiger partial charge >= 0.3 is 0 Å². The van der Waals surface area contributed by atoms with Gasteiger partial charge in [0, 0.05) is 26.2 Å². The molecule has 0 spiro atoms. The second-order valence-electron chi connectivity index (χ2n) is 5.23. The van der Waals surface area contributed by atoms with Crippen LogP contribution in [0.15, 0.2) is 0 Å². The molecule has 2 fully saturated rings. The van der Waals surface area contributed by atoms with Crippen molar-refractivity contribution in [2.45, 2.75) is 38.7 Å². The molecule has 3 heteroatoms. The molecule has 3 nitrogen and oxygen atoms in total. The Kier molecular flexibility index (Phi) is 5.07. The van der Waals surface area contributed by atoms with Gasteiger partial charge in [-0.1, -0.05) is 13.3 Å². The summed E-state index contributed by atoms with van der Waals surface area (Å²) in [6, 6.07) is 0. The number of nitrogens with zero attached hydrogens (tertiary/aromatic N) is 1. The van der Waals surface area contributed by atoms with Crippen LogP contribution in [0.2, 0.25) is 0 Å². The molecule has 2 aliphatic heterocycles. The van der Waals surface area contributed by atoms with E-state index < -0.39 is 0 Å². The lowest BCUT2D eigenvalue weighted by Gasteiger charge is -2.25. The minimum absolute atomic E-state index is 0.457. The molecule has 0 aromatic heterocycles. The summed E-state index contributed by atoms with van der Waals surface area (Å²) in [6.07, 6.45) is 5.83. The van der Waals surface area contributed by atoms with Crippen molar-refractivity contribution in [1.29, 1.82) is 0 Å². The highest BCUT2D eigenvalue weighted by Gasteiger charge is 2.22. The number of ether oxygens (including phenoxy) is 1. The molecule has 1 N–H and O–H groups in total. The summed E-state index contributed by atoms with van der Waals surface area (Å²) in [7, 11) is 0. The molecule has 16 heavy (non-hydrogen) atoms. The smallest absolute Gasteiger partial charge is 0.0712 e. The third-order valence-corrected chi connectivity index (χ3v) is 3.84. The maximum atomic E-state index is 5.72. The van der Waals surface area contributed by atoms with E-state index in [9.17, 15) is 0 Å². The fraction of sp³-hybridized carbons (Fsp3) is 1.00. The number of rotatable bonds is 5. The Bertz CT molecular complexity index is 192. The normalized spacial score (nSPS) is 32.1. The number of hydrogen-bond donors (Lipinski definition) is 1. The zero-order chi connectivity index (χ0) is 11.2. The van der Waals surface area contributed by atoms with Gasteiger partial charge in [-0.3, -0.25) is 0 Å². The van der Waals surface area contributed by atoms with Crippen molar-refractivity contribution in [2.24, 2.45) is 5.92 Å². The van der Waals surface area contributed by atoms with Crippen molar-refractivity contribution in [3.63, 3.8) is 0 Å². The lowest BCUT2D eigenvalue weighted by Crippen LogP contribution is -2.40. The Morgan fingerprint density at radius 2 is 2.31 bits per heavy atom. The standard InChI is InChI=1S/C13H26N2O/c1-2-3-12-4-7-15(11-12)8-5-13-10-14-6-9-16-13/h12-14H,2-11H2,1H3. The van der Waals surface area contributed by atoms with Gasteiger partial charge in [-0.05, 0) is 31.7 Å². The Balaban J connectivity index is 1.59. The minimum Gasteiger partial charge on any atom is -0.376 e. The van der Waals surface area contributed by atoms with E-state index >= 15 is 0 Å². The van der Waals surface area contributed by atoms with E-state index in [0.717, 1.165) is 25.6 Å². The summed E-state index contributed by atoms with van der Waals surface area (Å²) in [5, 5.41) is 3.40. The first kappa shape index (κ1) is 12.3. The quantitative estimate of drug-likeness (QED) is 0.768. The summed E-state index contributed by atoms with van der Waals surface area (Å²) in [6.45, 7) is 9.13. The van der Waals surface area contributed by atoms with Gasteiger partial charge in [-0.2, -0.15) is 0 Å². The molecule has 0 aliphatic carbocycles. The lowest BCUT2D eigenvalue weighted by atomic mass is 10.0. The van der Waals surface area contributed by atoms with E-state index in [-0.39, 0.29) is 0 Å². The van der Waals surface area contributed by atoms with Crippen molar-refractivity contribution >= 4 is 0 Å². The van der Waals surface area contributed by atoms with Crippen molar-refractivity contribution < 1.29 is 4.74 Å². The molecular weight excluding hydrogens is 200 g/mol. The fourth-order valence-electron chi connectivity index (χ4n) is 2.89. The zero-order valence-electron chi connectivity index (χ0n) is 10.6. The van der Waals surface area contributed by atoms with Crippen LogP contribution in [-0.4, -0.2) is 50.3 Å². The second kappa shape index (κ2) is 6.58. The molecule has 2 aliphatic rings. The Labute approximate surface area is 99.5 Å². The number of nitrogens with one attached hydrogen (secondary N) is 1. The zero-order valence-corrected chi connectivity index (χ0v) is 10.6. The molecule has 0 amide bonds. The molecule has 0 aromatic carbocycles. The predicted octanol–water partition coefficient (Wildman–Crippen LogP) is 1.49. The topological polar surface area (TPSA) is 24.5 Å². The van der Waals surface area contributed by atoms with E-state index in [4.69, 9.17) is 4.74 Å². The largest absolute Gasteiger partial charge is 0.376 e. The highest BCUT2D eigenvalue weighted by Crippen LogP contribution is 2.21. The first-order valence-corrected chi connectivity index (χ1v) is 6.93. The fourth-order valence-corrected chi connectivity index (χ4v) is 2.89. The van der Waals surface area contributed by atoms with E-state index in [1.807, 2.05) is 0 Å². The van der Waals surface area contributed by atoms with Crippen molar-refractivity contribution in [3.05, 3.63) is 0 Å². The average Bonchev–Trinajstić information content (AvgIpc) is 2.76. The highest BCUT2D eigenvalue weighted by molar-refractivity contribution is 4.77. The van der Waals surface area contributed by atoms with Crippen molar-refractivity contribution in [1.82, 2.24) is 10.2 Å². The molecular formula is C13H26N2O. The van der Waals surface area contributed by atoms with Gasteiger partial charge < -0.3 is 15.0 Å². The summed E-state index contributed by atoms with van der Waals surface area (Å²) >= 11 is 0. The van der Waals surface area contributed by atoms with E-state index in [1.165, 1.54) is 45.3 Å². The summed E-state index contributed by atoms with van der Waals surface area (Å²) in [5.41, 5.74) is 0. The molecule has 0 radical (unpaired) electrons. The van der Waals surface area contributed by atoms with Crippen LogP contribution < -0.4 is 5.32 Å². The van der Waals surface area contributed by atoms with Gasteiger partial charge in [0.25, 0.3) is 0 Å². The van der Waals surface area contributed by atoms with E-state index in [2.05, 4.69) is 17.1 Å². The van der Waals surface area contributed by atoms with Crippen LogP contribution in [0, 0.1) is 5.92 Å².